The van der Waals surface area contributed by atoms with E-state index in [4.69, 9.17) is 0 Å². The van der Waals surface area contributed by atoms with Crippen LogP contribution in [0.5, 0.6) is 0 Å². The maximum absolute atomic E-state index is 12.0. The Morgan fingerprint density at radius 1 is 1.42 bits per heavy atom. The Kier molecular flexibility index (Phi) is 4.04. The van der Waals surface area contributed by atoms with Gasteiger partial charge in [-0.25, -0.2) is 0 Å². The number of amides is 1. The maximum atomic E-state index is 12.0. The van der Waals surface area contributed by atoms with Crippen molar-refractivity contribution in [1.82, 2.24) is 15.1 Å². The van der Waals surface area contributed by atoms with E-state index in [-0.39, 0.29) is 5.91 Å². The Morgan fingerprint density at radius 3 is 2.74 bits per heavy atom. The molecule has 4 nitrogen and oxygen atoms in total. The molecule has 2 aromatic rings. The lowest BCUT2D eigenvalue weighted by atomic mass is 10.1. The van der Waals surface area contributed by atoms with Crippen LogP contribution in [0.4, 0.5) is 0 Å². The first kappa shape index (κ1) is 13.8. The molecule has 0 fully saturated rings. The molecule has 0 aliphatic heterocycles. The molecule has 0 saturated heterocycles. The van der Waals surface area contributed by atoms with Crippen LogP contribution >= 0.6 is 15.9 Å². The highest BCUT2D eigenvalue weighted by molar-refractivity contribution is 9.10. The summed E-state index contributed by atoms with van der Waals surface area (Å²) in [7, 11) is 1.89. The molecule has 1 N–H and O–H groups in total. The molecule has 0 atom stereocenters. The normalized spacial score (nSPS) is 10.5. The highest BCUT2D eigenvalue weighted by Gasteiger charge is 2.09. The molecule has 0 bridgehead atoms. The average molecular weight is 322 g/mol. The molecular formula is C14H16BrN3O. The van der Waals surface area contributed by atoms with Crippen molar-refractivity contribution < 1.29 is 4.79 Å². The summed E-state index contributed by atoms with van der Waals surface area (Å²) in [5.41, 5.74) is 3.85. The van der Waals surface area contributed by atoms with Crippen LogP contribution < -0.4 is 5.32 Å². The molecular weight excluding hydrogens is 306 g/mol. The van der Waals surface area contributed by atoms with Crippen molar-refractivity contribution in [3.8, 4) is 0 Å². The number of nitrogens with zero attached hydrogens (tertiary/aromatic N) is 2. The van der Waals surface area contributed by atoms with Crippen molar-refractivity contribution in [2.24, 2.45) is 7.05 Å². The Morgan fingerprint density at radius 2 is 2.16 bits per heavy atom. The van der Waals surface area contributed by atoms with Crippen molar-refractivity contribution in [2.45, 2.75) is 20.4 Å². The fraction of sp³-hybridized carbons (Fsp3) is 0.286. The first-order valence-corrected chi connectivity index (χ1v) is 6.80. The molecule has 0 spiro atoms. The van der Waals surface area contributed by atoms with Gasteiger partial charge in [0.05, 0.1) is 6.20 Å². The first-order chi connectivity index (χ1) is 8.99. The molecule has 2 rings (SSSR count). The van der Waals surface area contributed by atoms with E-state index >= 15 is 0 Å². The number of carbonyl (C=O) groups is 1. The number of halogens is 1. The van der Waals surface area contributed by atoms with Gasteiger partial charge in [0.1, 0.15) is 0 Å². The molecule has 0 saturated carbocycles. The van der Waals surface area contributed by atoms with Crippen molar-refractivity contribution in [3.05, 3.63) is 51.3 Å². The minimum absolute atomic E-state index is 0.0797. The SMILES string of the molecule is Cc1ccc(C(=O)NCc2cnn(C)c2C)cc1Br. The quantitative estimate of drug-likeness (QED) is 0.944. The zero-order valence-electron chi connectivity index (χ0n) is 11.2. The molecule has 1 aromatic heterocycles. The predicted octanol–water partition coefficient (Wildman–Crippen LogP) is 2.73. The summed E-state index contributed by atoms with van der Waals surface area (Å²) in [5, 5.41) is 7.05. The van der Waals surface area contributed by atoms with Gasteiger partial charge < -0.3 is 5.32 Å². The van der Waals surface area contributed by atoms with E-state index in [1.54, 1.807) is 10.9 Å². The Labute approximate surface area is 120 Å². The van der Waals surface area contributed by atoms with Crippen LogP contribution in [0.3, 0.4) is 0 Å². The van der Waals surface area contributed by atoms with Gasteiger partial charge in [-0.1, -0.05) is 22.0 Å². The van der Waals surface area contributed by atoms with Crippen LogP contribution in [0.15, 0.2) is 28.9 Å². The second-order valence-corrected chi connectivity index (χ2v) is 5.38. The van der Waals surface area contributed by atoms with Crippen molar-refractivity contribution >= 4 is 21.8 Å². The minimum atomic E-state index is -0.0797. The van der Waals surface area contributed by atoms with Gasteiger partial charge >= 0.3 is 0 Å². The van der Waals surface area contributed by atoms with Gasteiger partial charge in [-0.15, -0.1) is 0 Å². The zero-order chi connectivity index (χ0) is 14.0. The lowest BCUT2D eigenvalue weighted by molar-refractivity contribution is 0.0951. The van der Waals surface area contributed by atoms with E-state index in [0.717, 1.165) is 21.3 Å². The molecule has 1 aromatic carbocycles. The Balaban J connectivity index is 2.05. The number of carbonyl (C=O) groups excluding carboxylic acids is 1. The molecule has 5 heteroatoms. The van der Waals surface area contributed by atoms with Gasteiger partial charge in [-0.3, -0.25) is 9.48 Å². The van der Waals surface area contributed by atoms with E-state index in [1.807, 2.05) is 39.1 Å². The topological polar surface area (TPSA) is 46.9 Å². The number of hydrogen-bond donors (Lipinski definition) is 1. The van der Waals surface area contributed by atoms with Gasteiger partial charge in [0.25, 0.3) is 5.91 Å². The molecule has 0 radical (unpaired) electrons. The number of nitrogens with one attached hydrogen (secondary N) is 1. The number of rotatable bonds is 3. The standard InChI is InChI=1S/C14H16BrN3O/c1-9-4-5-11(6-13(9)15)14(19)16-7-12-8-17-18(3)10(12)2/h4-6,8H,7H2,1-3H3,(H,16,19). The highest BCUT2D eigenvalue weighted by atomic mass is 79.9. The van der Waals surface area contributed by atoms with Crippen LogP contribution in [0.2, 0.25) is 0 Å². The number of aromatic nitrogens is 2. The third-order valence-electron chi connectivity index (χ3n) is 3.21. The summed E-state index contributed by atoms with van der Waals surface area (Å²) < 4.78 is 2.74. The van der Waals surface area contributed by atoms with Gasteiger partial charge in [0.15, 0.2) is 0 Å². The minimum Gasteiger partial charge on any atom is -0.348 e. The summed E-state index contributed by atoms with van der Waals surface area (Å²) in [6.45, 7) is 4.46. The van der Waals surface area contributed by atoms with Crippen molar-refractivity contribution in [1.29, 1.82) is 0 Å². The van der Waals surface area contributed by atoms with Crippen LogP contribution in [0.25, 0.3) is 0 Å². The maximum Gasteiger partial charge on any atom is 0.251 e. The Hall–Kier alpha value is -1.62. The lowest BCUT2D eigenvalue weighted by Gasteiger charge is -2.06. The van der Waals surface area contributed by atoms with Gasteiger partial charge in [0, 0.05) is 34.9 Å². The van der Waals surface area contributed by atoms with Gasteiger partial charge in [0.2, 0.25) is 0 Å². The fourth-order valence-corrected chi connectivity index (χ4v) is 2.11. The van der Waals surface area contributed by atoms with E-state index in [0.29, 0.717) is 12.1 Å². The summed E-state index contributed by atoms with van der Waals surface area (Å²) in [6, 6.07) is 5.58. The van der Waals surface area contributed by atoms with Crippen LogP contribution in [-0.2, 0) is 13.6 Å². The fourth-order valence-electron chi connectivity index (χ4n) is 1.73. The second kappa shape index (κ2) is 5.57. The predicted molar refractivity (Wildman–Crippen MR) is 78.0 cm³/mol. The van der Waals surface area contributed by atoms with Gasteiger partial charge in [-0.05, 0) is 31.5 Å². The largest absolute Gasteiger partial charge is 0.348 e. The molecule has 19 heavy (non-hydrogen) atoms. The number of hydrogen-bond acceptors (Lipinski definition) is 2. The Bertz CT molecular complexity index is 619. The average Bonchev–Trinajstić information content (AvgIpc) is 2.70. The third-order valence-corrected chi connectivity index (χ3v) is 4.06. The molecule has 1 heterocycles. The van der Waals surface area contributed by atoms with Crippen molar-refractivity contribution in [3.63, 3.8) is 0 Å². The summed E-state index contributed by atoms with van der Waals surface area (Å²) in [6.07, 6.45) is 1.78. The molecule has 1 amide bonds. The van der Waals surface area contributed by atoms with Crippen LogP contribution in [-0.4, -0.2) is 15.7 Å². The third kappa shape index (κ3) is 3.04. The number of aryl methyl sites for hydroxylation is 2. The van der Waals surface area contributed by atoms with E-state index in [1.165, 1.54) is 0 Å². The molecule has 0 aliphatic rings. The van der Waals surface area contributed by atoms with Crippen LogP contribution in [0, 0.1) is 13.8 Å². The van der Waals surface area contributed by atoms with Gasteiger partial charge in [-0.2, -0.15) is 5.10 Å². The van der Waals surface area contributed by atoms with Crippen LogP contribution in [0.1, 0.15) is 27.2 Å². The molecule has 0 aliphatic carbocycles. The first-order valence-electron chi connectivity index (χ1n) is 6.01. The highest BCUT2D eigenvalue weighted by Crippen LogP contribution is 2.17. The smallest absolute Gasteiger partial charge is 0.251 e. The molecule has 100 valence electrons. The van der Waals surface area contributed by atoms with Crippen molar-refractivity contribution in [2.75, 3.05) is 0 Å². The number of benzene rings is 1. The summed E-state index contributed by atoms with van der Waals surface area (Å²) in [5.74, 6) is -0.0797. The summed E-state index contributed by atoms with van der Waals surface area (Å²) in [4.78, 5) is 12.0. The van der Waals surface area contributed by atoms with E-state index in [9.17, 15) is 4.79 Å². The second-order valence-electron chi connectivity index (χ2n) is 4.53. The molecule has 0 unspecified atom stereocenters. The summed E-state index contributed by atoms with van der Waals surface area (Å²) >= 11 is 3.43. The van der Waals surface area contributed by atoms with E-state index in [2.05, 4.69) is 26.3 Å². The lowest BCUT2D eigenvalue weighted by Crippen LogP contribution is -2.23. The monoisotopic (exact) mass is 321 g/mol. The zero-order valence-corrected chi connectivity index (χ0v) is 12.8. The van der Waals surface area contributed by atoms with E-state index < -0.39 is 0 Å².